The third kappa shape index (κ3) is 4.35. The Morgan fingerprint density at radius 2 is 2.08 bits per heavy atom. The molecule has 0 aliphatic carbocycles. The molecule has 1 aliphatic rings. The minimum absolute atomic E-state index is 0.0263. The van der Waals surface area contributed by atoms with Gasteiger partial charge in [0.2, 0.25) is 11.8 Å². The summed E-state index contributed by atoms with van der Waals surface area (Å²) in [5.74, 6) is 1.52. The van der Waals surface area contributed by atoms with Gasteiger partial charge in [-0.3, -0.25) is 14.4 Å². The lowest BCUT2D eigenvalue weighted by Crippen LogP contribution is -2.43. The van der Waals surface area contributed by atoms with Crippen molar-refractivity contribution in [2.75, 3.05) is 25.0 Å². The van der Waals surface area contributed by atoms with E-state index in [0.29, 0.717) is 24.3 Å². The number of nitrogens with one attached hydrogen (secondary N) is 2. The SMILES string of the molecule is C#CCNC(=O)c1ccccc1NC(=O)C1CCCN(C(C)=O)C1. The van der Waals surface area contributed by atoms with Crippen molar-refractivity contribution in [1.29, 1.82) is 0 Å². The molecule has 24 heavy (non-hydrogen) atoms. The molecule has 1 fully saturated rings. The quantitative estimate of drug-likeness (QED) is 0.817. The van der Waals surface area contributed by atoms with Gasteiger partial charge < -0.3 is 15.5 Å². The number of rotatable bonds is 4. The zero-order valence-electron chi connectivity index (χ0n) is 13.7. The van der Waals surface area contributed by atoms with Crippen molar-refractivity contribution >= 4 is 23.4 Å². The molecule has 1 saturated heterocycles. The number of nitrogens with zero attached hydrogens (tertiary/aromatic N) is 1. The van der Waals surface area contributed by atoms with E-state index in [1.54, 1.807) is 29.2 Å². The van der Waals surface area contributed by atoms with E-state index in [9.17, 15) is 14.4 Å². The molecular formula is C18H21N3O3. The number of para-hydroxylation sites is 1. The molecule has 1 aromatic rings. The number of hydrogen-bond donors (Lipinski definition) is 2. The zero-order chi connectivity index (χ0) is 17.5. The average molecular weight is 327 g/mol. The van der Waals surface area contributed by atoms with Crippen LogP contribution in [0.3, 0.4) is 0 Å². The smallest absolute Gasteiger partial charge is 0.254 e. The number of benzene rings is 1. The Kier molecular flexibility index (Phi) is 5.96. The van der Waals surface area contributed by atoms with Crippen molar-refractivity contribution in [3.63, 3.8) is 0 Å². The minimum atomic E-state index is -0.335. The topological polar surface area (TPSA) is 78.5 Å². The van der Waals surface area contributed by atoms with Crippen molar-refractivity contribution in [2.24, 2.45) is 5.92 Å². The third-order valence-electron chi connectivity index (χ3n) is 4.02. The number of terminal acetylenes is 1. The van der Waals surface area contributed by atoms with Crippen LogP contribution in [0.1, 0.15) is 30.1 Å². The normalized spacial score (nSPS) is 16.8. The number of anilines is 1. The van der Waals surface area contributed by atoms with Crippen molar-refractivity contribution < 1.29 is 14.4 Å². The van der Waals surface area contributed by atoms with E-state index < -0.39 is 0 Å². The van der Waals surface area contributed by atoms with E-state index in [4.69, 9.17) is 6.42 Å². The van der Waals surface area contributed by atoms with Gasteiger partial charge in [-0.05, 0) is 25.0 Å². The maximum Gasteiger partial charge on any atom is 0.254 e. The summed E-state index contributed by atoms with van der Waals surface area (Å²) >= 11 is 0. The highest BCUT2D eigenvalue weighted by atomic mass is 16.2. The molecule has 126 valence electrons. The standard InChI is InChI=1S/C18H21N3O3/c1-3-10-19-18(24)15-8-4-5-9-16(15)20-17(23)14-7-6-11-21(12-14)13(2)22/h1,4-5,8-9,14H,6-7,10-12H2,2H3,(H,19,24)(H,20,23). The molecule has 0 bridgehead atoms. The zero-order valence-corrected chi connectivity index (χ0v) is 13.7. The second kappa shape index (κ2) is 8.16. The molecule has 0 saturated carbocycles. The summed E-state index contributed by atoms with van der Waals surface area (Å²) in [7, 11) is 0. The van der Waals surface area contributed by atoms with Gasteiger partial charge in [-0.1, -0.05) is 18.1 Å². The summed E-state index contributed by atoms with van der Waals surface area (Å²) in [6.45, 7) is 2.72. The van der Waals surface area contributed by atoms with Gasteiger partial charge in [0.1, 0.15) is 0 Å². The van der Waals surface area contributed by atoms with Gasteiger partial charge in [0.25, 0.3) is 5.91 Å². The summed E-state index contributed by atoms with van der Waals surface area (Å²) < 4.78 is 0. The second-order valence-electron chi connectivity index (χ2n) is 5.73. The molecule has 1 atom stereocenters. The van der Waals surface area contributed by atoms with Gasteiger partial charge in [-0.15, -0.1) is 6.42 Å². The van der Waals surface area contributed by atoms with Crippen LogP contribution in [0.25, 0.3) is 0 Å². The predicted molar refractivity (Wildman–Crippen MR) is 91.2 cm³/mol. The molecule has 6 heteroatoms. The number of piperidine rings is 1. The van der Waals surface area contributed by atoms with Crippen LogP contribution in [-0.2, 0) is 9.59 Å². The summed E-state index contributed by atoms with van der Waals surface area (Å²) in [4.78, 5) is 37.8. The van der Waals surface area contributed by atoms with Crippen LogP contribution in [0.2, 0.25) is 0 Å². The lowest BCUT2D eigenvalue weighted by molar-refractivity contribution is -0.132. The van der Waals surface area contributed by atoms with Gasteiger partial charge >= 0.3 is 0 Å². The highest BCUT2D eigenvalue weighted by molar-refractivity contribution is 6.04. The maximum absolute atomic E-state index is 12.5. The number of likely N-dealkylation sites (tertiary alicyclic amines) is 1. The van der Waals surface area contributed by atoms with E-state index in [1.807, 2.05) is 0 Å². The van der Waals surface area contributed by atoms with Crippen LogP contribution in [-0.4, -0.2) is 42.3 Å². The molecule has 2 rings (SSSR count). The van der Waals surface area contributed by atoms with Gasteiger partial charge in [0.05, 0.1) is 23.7 Å². The van der Waals surface area contributed by atoms with Gasteiger partial charge in [0.15, 0.2) is 0 Å². The van der Waals surface area contributed by atoms with Crippen LogP contribution < -0.4 is 10.6 Å². The predicted octanol–water partition coefficient (Wildman–Crippen LogP) is 1.25. The van der Waals surface area contributed by atoms with Crippen LogP contribution in [0.15, 0.2) is 24.3 Å². The van der Waals surface area contributed by atoms with E-state index >= 15 is 0 Å². The van der Waals surface area contributed by atoms with E-state index in [-0.39, 0.29) is 30.2 Å². The van der Waals surface area contributed by atoms with Crippen LogP contribution in [0.4, 0.5) is 5.69 Å². The van der Waals surface area contributed by atoms with Gasteiger partial charge in [-0.25, -0.2) is 0 Å². The fourth-order valence-electron chi connectivity index (χ4n) is 2.73. The molecule has 0 radical (unpaired) electrons. The van der Waals surface area contributed by atoms with Crippen molar-refractivity contribution in [3.05, 3.63) is 29.8 Å². The largest absolute Gasteiger partial charge is 0.342 e. The highest BCUT2D eigenvalue weighted by Crippen LogP contribution is 2.21. The first-order valence-electron chi connectivity index (χ1n) is 7.90. The summed E-state index contributed by atoms with van der Waals surface area (Å²) in [5, 5.41) is 5.39. The monoisotopic (exact) mass is 327 g/mol. The minimum Gasteiger partial charge on any atom is -0.342 e. The molecule has 2 N–H and O–H groups in total. The van der Waals surface area contributed by atoms with Gasteiger partial charge in [0, 0.05) is 20.0 Å². The first-order valence-corrected chi connectivity index (χ1v) is 7.90. The Morgan fingerprint density at radius 3 is 2.79 bits per heavy atom. The second-order valence-corrected chi connectivity index (χ2v) is 5.73. The van der Waals surface area contributed by atoms with Crippen molar-refractivity contribution in [1.82, 2.24) is 10.2 Å². The summed E-state index contributed by atoms with van der Waals surface area (Å²) in [6, 6.07) is 6.77. The third-order valence-corrected chi connectivity index (χ3v) is 4.02. The lowest BCUT2D eigenvalue weighted by atomic mass is 9.96. The number of carbonyl (C=O) groups excluding carboxylic acids is 3. The van der Waals surface area contributed by atoms with Gasteiger partial charge in [-0.2, -0.15) is 0 Å². The summed E-state index contributed by atoms with van der Waals surface area (Å²) in [6.07, 6.45) is 6.66. The number of carbonyl (C=O) groups is 3. The number of hydrogen-bond acceptors (Lipinski definition) is 3. The summed E-state index contributed by atoms with van der Waals surface area (Å²) in [5.41, 5.74) is 0.803. The molecule has 1 aromatic carbocycles. The molecule has 1 unspecified atom stereocenters. The highest BCUT2D eigenvalue weighted by Gasteiger charge is 2.27. The molecule has 1 heterocycles. The fraction of sp³-hybridized carbons (Fsp3) is 0.389. The molecule has 6 nitrogen and oxygen atoms in total. The first-order chi connectivity index (χ1) is 11.5. The number of amides is 3. The lowest BCUT2D eigenvalue weighted by Gasteiger charge is -2.31. The van der Waals surface area contributed by atoms with E-state index in [0.717, 1.165) is 12.8 Å². The Bertz CT molecular complexity index is 678. The van der Waals surface area contributed by atoms with Crippen molar-refractivity contribution in [3.8, 4) is 12.3 Å². The molecule has 1 aliphatic heterocycles. The molecular weight excluding hydrogens is 306 g/mol. The van der Waals surface area contributed by atoms with Crippen molar-refractivity contribution in [2.45, 2.75) is 19.8 Å². The van der Waals surface area contributed by atoms with E-state index in [1.165, 1.54) is 6.92 Å². The Balaban J connectivity index is 2.08. The van der Waals surface area contributed by atoms with Crippen LogP contribution in [0, 0.1) is 18.3 Å². The Labute approximate surface area is 141 Å². The molecule has 0 spiro atoms. The maximum atomic E-state index is 12.5. The Hall–Kier alpha value is -2.81. The molecule has 0 aromatic heterocycles. The van der Waals surface area contributed by atoms with Crippen LogP contribution in [0.5, 0.6) is 0 Å². The Morgan fingerprint density at radius 1 is 1.33 bits per heavy atom. The fourth-order valence-corrected chi connectivity index (χ4v) is 2.73. The van der Waals surface area contributed by atoms with E-state index in [2.05, 4.69) is 16.6 Å². The molecule has 3 amide bonds. The first kappa shape index (κ1) is 17.5. The average Bonchev–Trinajstić information content (AvgIpc) is 2.60. The van der Waals surface area contributed by atoms with Crippen LogP contribution >= 0.6 is 0 Å².